The zero-order chi connectivity index (χ0) is 27.1. The van der Waals surface area contributed by atoms with Crippen molar-refractivity contribution in [3.05, 3.63) is 69.8 Å². The molecule has 1 N–H and O–H groups in total. The quantitative estimate of drug-likeness (QED) is 0.207. The van der Waals surface area contributed by atoms with E-state index in [1.807, 2.05) is 6.92 Å². The normalized spacial score (nSPS) is 16.9. The summed E-state index contributed by atoms with van der Waals surface area (Å²) in [5.41, 5.74) is 0.939. The van der Waals surface area contributed by atoms with E-state index in [9.17, 15) is 19.5 Å². The van der Waals surface area contributed by atoms with Crippen LogP contribution in [0.3, 0.4) is 0 Å². The summed E-state index contributed by atoms with van der Waals surface area (Å²) >= 11 is 6.30. The predicted octanol–water partition coefficient (Wildman–Crippen LogP) is 2.06. The summed E-state index contributed by atoms with van der Waals surface area (Å²) in [7, 11) is 1.29. The van der Waals surface area contributed by atoms with E-state index in [-0.39, 0.29) is 16.2 Å². The number of ether oxygens (including phenoxy) is 2. The molecule has 2 aromatic carbocycles. The van der Waals surface area contributed by atoms with Crippen LogP contribution in [0.4, 0.5) is 0 Å². The van der Waals surface area contributed by atoms with Gasteiger partial charge in [0.15, 0.2) is 0 Å². The van der Waals surface area contributed by atoms with Gasteiger partial charge in [-0.1, -0.05) is 35.6 Å². The van der Waals surface area contributed by atoms with Crippen LogP contribution >= 0.6 is 11.6 Å². The number of rotatable bonds is 11. The van der Waals surface area contributed by atoms with Crippen LogP contribution in [0.15, 0.2) is 48.0 Å². The van der Waals surface area contributed by atoms with Gasteiger partial charge in [-0.2, -0.15) is 0 Å². The van der Waals surface area contributed by atoms with E-state index in [1.165, 1.54) is 29.0 Å². The van der Waals surface area contributed by atoms with Crippen molar-refractivity contribution in [2.24, 2.45) is 0 Å². The Hall–Kier alpha value is -3.36. The van der Waals surface area contributed by atoms with Crippen LogP contribution in [0.2, 0.25) is 5.02 Å². The smallest absolute Gasteiger partial charge is 0.337 e. The lowest BCUT2D eigenvalue weighted by Crippen LogP contribution is -3.11. The van der Waals surface area contributed by atoms with Gasteiger partial charge < -0.3 is 24.4 Å². The number of esters is 1. The third kappa shape index (κ3) is 6.14. The molecule has 1 heterocycles. The zero-order valence-corrected chi connectivity index (χ0v) is 22.4. The molecule has 1 saturated heterocycles. The Balaban J connectivity index is 2.06. The Morgan fingerprint density at radius 2 is 1.70 bits per heavy atom. The lowest BCUT2D eigenvalue weighted by atomic mass is 9.94. The molecule has 1 aliphatic heterocycles. The molecule has 37 heavy (non-hydrogen) atoms. The third-order valence-electron chi connectivity index (χ3n) is 6.60. The number of hydrogen-bond donors (Lipinski definition) is 1. The molecular formula is C28H33ClN2O6. The maximum absolute atomic E-state index is 13.6. The van der Waals surface area contributed by atoms with E-state index in [1.54, 1.807) is 30.3 Å². The second-order valence-corrected chi connectivity index (χ2v) is 9.13. The van der Waals surface area contributed by atoms with Crippen molar-refractivity contribution in [1.82, 2.24) is 4.90 Å². The van der Waals surface area contributed by atoms with Crippen molar-refractivity contribution in [2.45, 2.75) is 33.2 Å². The Morgan fingerprint density at radius 1 is 1.05 bits per heavy atom. The summed E-state index contributed by atoms with van der Waals surface area (Å²) in [6, 6.07) is 10.1. The molecule has 2 aromatic rings. The number of amides is 1. The number of methoxy groups -OCH3 is 1. The molecule has 0 aromatic heterocycles. The first-order chi connectivity index (χ1) is 17.8. The molecule has 1 unspecified atom stereocenters. The van der Waals surface area contributed by atoms with Crippen LogP contribution in [0.25, 0.3) is 5.76 Å². The number of Topliss-reactive ketones (excluding diaryl/α,β-unsaturated/α-hetero) is 1. The molecule has 198 valence electrons. The SMILES string of the molecule is CCOc1ccc(/C([O-])=C2\C(=O)C(=O)N(CCC[NH+](CC)CC)C2c2ccc(C(=O)OC)cc2)cc1Cl. The number of likely N-dealkylation sites (tertiary alicyclic amines) is 1. The first-order valence-corrected chi connectivity index (χ1v) is 12.9. The molecule has 3 rings (SSSR count). The number of nitrogens with zero attached hydrogens (tertiary/aromatic N) is 1. The summed E-state index contributed by atoms with van der Waals surface area (Å²) in [5, 5.41) is 13.9. The lowest BCUT2D eigenvalue weighted by molar-refractivity contribution is -0.896. The van der Waals surface area contributed by atoms with E-state index in [4.69, 9.17) is 21.1 Å². The third-order valence-corrected chi connectivity index (χ3v) is 6.90. The number of ketones is 1. The van der Waals surface area contributed by atoms with E-state index >= 15 is 0 Å². The average molecular weight is 529 g/mol. The molecule has 0 saturated carbocycles. The first-order valence-electron chi connectivity index (χ1n) is 12.5. The molecule has 0 spiro atoms. The zero-order valence-electron chi connectivity index (χ0n) is 21.6. The largest absolute Gasteiger partial charge is 0.872 e. The van der Waals surface area contributed by atoms with Crippen molar-refractivity contribution in [2.75, 3.05) is 39.9 Å². The fourth-order valence-corrected chi connectivity index (χ4v) is 4.77. The number of benzene rings is 2. The number of carbonyl (C=O) groups is 3. The number of hydrogen-bond acceptors (Lipinski definition) is 6. The molecule has 0 bridgehead atoms. The van der Waals surface area contributed by atoms with Gasteiger partial charge in [0.25, 0.3) is 5.91 Å². The molecule has 1 amide bonds. The minimum absolute atomic E-state index is 0.133. The van der Waals surface area contributed by atoms with Crippen molar-refractivity contribution in [3.8, 4) is 5.75 Å². The fraction of sp³-hybridized carbons (Fsp3) is 0.393. The van der Waals surface area contributed by atoms with Crippen LogP contribution < -0.4 is 14.7 Å². The van der Waals surface area contributed by atoms with Gasteiger partial charge in [0.05, 0.1) is 50.0 Å². The van der Waals surface area contributed by atoms with Crippen LogP contribution in [-0.4, -0.2) is 62.5 Å². The summed E-state index contributed by atoms with van der Waals surface area (Å²) < 4.78 is 10.2. The second kappa shape index (κ2) is 12.7. The first kappa shape index (κ1) is 28.2. The fourth-order valence-electron chi connectivity index (χ4n) is 4.54. The Kier molecular flexibility index (Phi) is 9.72. The Morgan fingerprint density at radius 3 is 2.27 bits per heavy atom. The summed E-state index contributed by atoms with van der Waals surface area (Å²) in [6.07, 6.45) is 0.670. The average Bonchev–Trinajstić information content (AvgIpc) is 3.16. The van der Waals surface area contributed by atoms with Gasteiger partial charge >= 0.3 is 5.97 Å². The summed E-state index contributed by atoms with van der Waals surface area (Å²) in [4.78, 5) is 41.1. The molecule has 0 radical (unpaired) electrons. The van der Waals surface area contributed by atoms with Crippen molar-refractivity contribution in [1.29, 1.82) is 0 Å². The van der Waals surface area contributed by atoms with Crippen LogP contribution in [0.1, 0.15) is 54.7 Å². The van der Waals surface area contributed by atoms with Crippen molar-refractivity contribution >= 4 is 35.0 Å². The summed E-state index contributed by atoms with van der Waals surface area (Å²) in [6.45, 7) is 9.48. The maximum atomic E-state index is 13.6. The van der Waals surface area contributed by atoms with E-state index < -0.39 is 29.5 Å². The standard InChI is InChI=1S/C28H33ClN2O6/c1-5-30(6-2)15-8-16-31-24(18-9-11-19(12-10-18)28(35)36-4)23(26(33)27(31)34)25(32)20-13-14-22(37-7-3)21(29)17-20/h9-14,17,24,32H,5-8,15-16H2,1-4H3/b25-23+. The Labute approximate surface area is 222 Å². The van der Waals surface area contributed by atoms with Gasteiger partial charge in [-0.15, -0.1) is 0 Å². The highest BCUT2D eigenvalue weighted by Crippen LogP contribution is 2.39. The topological polar surface area (TPSA) is 100 Å². The summed E-state index contributed by atoms with van der Waals surface area (Å²) in [5.74, 6) is -2.19. The number of nitrogens with one attached hydrogen (secondary N) is 1. The second-order valence-electron chi connectivity index (χ2n) is 8.73. The molecule has 8 nitrogen and oxygen atoms in total. The van der Waals surface area contributed by atoms with Crippen LogP contribution in [0.5, 0.6) is 5.75 Å². The molecule has 9 heteroatoms. The molecule has 1 atom stereocenters. The maximum Gasteiger partial charge on any atom is 0.337 e. The van der Waals surface area contributed by atoms with Gasteiger partial charge in [0.2, 0.25) is 5.78 Å². The van der Waals surface area contributed by atoms with E-state index in [2.05, 4.69) is 13.8 Å². The minimum Gasteiger partial charge on any atom is -0.872 e. The minimum atomic E-state index is -0.878. The highest BCUT2D eigenvalue weighted by atomic mass is 35.5. The number of halogens is 1. The van der Waals surface area contributed by atoms with Gasteiger partial charge in [-0.3, -0.25) is 9.59 Å². The van der Waals surface area contributed by atoms with Gasteiger partial charge in [-0.25, -0.2) is 4.79 Å². The van der Waals surface area contributed by atoms with Crippen LogP contribution in [-0.2, 0) is 14.3 Å². The highest BCUT2D eigenvalue weighted by molar-refractivity contribution is 6.46. The van der Waals surface area contributed by atoms with Crippen LogP contribution in [0, 0.1) is 0 Å². The number of quaternary nitrogens is 1. The van der Waals surface area contributed by atoms with Gasteiger partial charge in [0.1, 0.15) is 5.75 Å². The predicted molar refractivity (Wildman–Crippen MR) is 138 cm³/mol. The monoisotopic (exact) mass is 528 g/mol. The van der Waals surface area contributed by atoms with E-state index in [0.29, 0.717) is 36.4 Å². The lowest BCUT2D eigenvalue weighted by Gasteiger charge is -2.28. The molecule has 0 aliphatic carbocycles. The molecule has 1 fully saturated rings. The van der Waals surface area contributed by atoms with Gasteiger partial charge in [-0.05, 0) is 56.2 Å². The Bertz CT molecular complexity index is 1170. The van der Waals surface area contributed by atoms with Crippen molar-refractivity contribution < 1.29 is 33.9 Å². The van der Waals surface area contributed by atoms with E-state index in [0.717, 1.165) is 19.6 Å². The number of carbonyl (C=O) groups excluding carboxylic acids is 3. The molecule has 1 aliphatic rings. The van der Waals surface area contributed by atoms with Gasteiger partial charge in [0, 0.05) is 18.5 Å². The highest BCUT2D eigenvalue weighted by Gasteiger charge is 2.44. The van der Waals surface area contributed by atoms with Crippen molar-refractivity contribution in [3.63, 3.8) is 0 Å². The molecular weight excluding hydrogens is 496 g/mol.